The van der Waals surface area contributed by atoms with Gasteiger partial charge in [0, 0.05) is 23.2 Å². The van der Waals surface area contributed by atoms with E-state index in [4.69, 9.17) is 24.4 Å². The Morgan fingerprint density at radius 2 is 1.78 bits per heavy atom. The molecule has 1 unspecified atom stereocenters. The van der Waals surface area contributed by atoms with Gasteiger partial charge in [-0.05, 0) is 69.9 Å². The van der Waals surface area contributed by atoms with Gasteiger partial charge in [-0.25, -0.2) is 9.59 Å². The molecular formula is C30H42O11. The average Bonchev–Trinajstić information content (AvgIpc) is 3.19. The number of rotatable bonds is 7. The maximum absolute atomic E-state index is 13.6. The third kappa shape index (κ3) is 5.97. The second-order valence-corrected chi connectivity index (χ2v) is 11.8. The van der Waals surface area contributed by atoms with E-state index in [0.717, 1.165) is 18.4 Å². The molecule has 4 aliphatic carbocycles. The Morgan fingerprint density at radius 3 is 2.37 bits per heavy atom. The van der Waals surface area contributed by atoms with Gasteiger partial charge in [0.2, 0.25) is 5.78 Å². The van der Waals surface area contributed by atoms with Gasteiger partial charge in [0.15, 0.2) is 18.0 Å². The van der Waals surface area contributed by atoms with Gasteiger partial charge in [0.1, 0.15) is 6.10 Å². The van der Waals surface area contributed by atoms with Crippen LogP contribution in [0.5, 0.6) is 0 Å². The highest BCUT2D eigenvalue weighted by molar-refractivity contribution is 6.01. The largest absolute Gasteiger partial charge is 0.509 e. The number of carbonyl (C=O) groups is 5. The lowest BCUT2D eigenvalue weighted by Gasteiger charge is -2.59. The standard InChI is InChI=1S/C27H36O8.C3H6O3/c1-5-22(31)34-15-21(30)27(35-24(32)33-6-2)12-10-19-18-8-7-16-13-17(28)9-11-25(16,3)23(18)20(29)14-26(19,27)4;1-2(4)3(5)6/h9,11,13,18-20,23,29H,5-8,10,12,14-15H2,1-4H3;2,4H,1H3,(H,5,6)/t18-,19-,20-,23+,25-,26-,27-;/m0./s1. The van der Waals surface area contributed by atoms with Gasteiger partial charge in [-0.1, -0.05) is 32.4 Å². The maximum Gasteiger partial charge on any atom is 0.509 e. The predicted molar refractivity (Wildman–Crippen MR) is 144 cm³/mol. The summed E-state index contributed by atoms with van der Waals surface area (Å²) in [5.74, 6) is -2.24. The first-order valence-electron chi connectivity index (χ1n) is 14.2. The molecule has 3 N–H and O–H groups in total. The Labute approximate surface area is 239 Å². The monoisotopic (exact) mass is 578 g/mol. The van der Waals surface area contributed by atoms with E-state index in [9.17, 15) is 29.1 Å². The lowest BCUT2D eigenvalue weighted by atomic mass is 9.46. The van der Waals surface area contributed by atoms with Crippen LogP contribution in [0, 0.1) is 28.6 Å². The van der Waals surface area contributed by atoms with E-state index in [1.54, 1.807) is 26.0 Å². The smallest absolute Gasteiger partial charge is 0.479 e. The first-order valence-corrected chi connectivity index (χ1v) is 14.2. The van der Waals surface area contributed by atoms with Gasteiger partial charge in [-0.2, -0.15) is 0 Å². The van der Waals surface area contributed by atoms with Gasteiger partial charge in [-0.15, -0.1) is 0 Å². The summed E-state index contributed by atoms with van der Waals surface area (Å²) in [5.41, 5.74) is -1.81. The zero-order valence-corrected chi connectivity index (χ0v) is 24.4. The molecule has 0 saturated heterocycles. The molecule has 0 spiro atoms. The van der Waals surface area contributed by atoms with Gasteiger partial charge >= 0.3 is 18.1 Å². The molecule has 4 rings (SSSR count). The Morgan fingerprint density at radius 1 is 1.12 bits per heavy atom. The van der Waals surface area contributed by atoms with Crippen LogP contribution in [0.15, 0.2) is 23.8 Å². The van der Waals surface area contributed by atoms with E-state index in [-0.39, 0.29) is 49.4 Å². The van der Waals surface area contributed by atoms with Crippen molar-refractivity contribution < 1.29 is 53.5 Å². The van der Waals surface area contributed by atoms with Crippen LogP contribution < -0.4 is 0 Å². The van der Waals surface area contributed by atoms with Gasteiger partial charge < -0.3 is 29.5 Å². The minimum Gasteiger partial charge on any atom is -0.479 e. The molecule has 11 nitrogen and oxygen atoms in total. The fraction of sp³-hybridized carbons (Fsp3) is 0.700. The highest BCUT2D eigenvalue weighted by Crippen LogP contribution is 2.68. The van der Waals surface area contributed by atoms with E-state index in [0.29, 0.717) is 6.42 Å². The molecule has 0 heterocycles. The van der Waals surface area contributed by atoms with Crippen molar-refractivity contribution >= 4 is 29.7 Å². The fourth-order valence-corrected chi connectivity index (χ4v) is 7.65. The maximum atomic E-state index is 13.6. The summed E-state index contributed by atoms with van der Waals surface area (Å²) in [4.78, 5) is 59.4. The quantitative estimate of drug-likeness (QED) is 0.379. The number of aliphatic hydroxyl groups is 2. The number of hydrogen-bond acceptors (Lipinski definition) is 10. The highest BCUT2D eigenvalue weighted by Gasteiger charge is 2.70. The predicted octanol–water partition coefficient (Wildman–Crippen LogP) is 3.15. The van der Waals surface area contributed by atoms with Crippen molar-refractivity contribution in [3.8, 4) is 0 Å². The first kappa shape index (κ1) is 32.5. The van der Waals surface area contributed by atoms with Crippen molar-refractivity contribution in [1.29, 1.82) is 0 Å². The second-order valence-electron chi connectivity index (χ2n) is 11.8. The fourth-order valence-electron chi connectivity index (χ4n) is 7.65. The molecule has 4 aliphatic rings. The van der Waals surface area contributed by atoms with Crippen molar-refractivity contribution in [2.24, 2.45) is 28.6 Å². The summed E-state index contributed by atoms with van der Waals surface area (Å²) in [5, 5.41) is 27.4. The normalized spacial score (nSPS) is 35.8. The molecule has 0 aromatic heterocycles. The lowest BCUT2D eigenvalue weighted by molar-refractivity contribution is -0.185. The summed E-state index contributed by atoms with van der Waals surface area (Å²) >= 11 is 0. The van der Waals surface area contributed by atoms with Crippen molar-refractivity contribution in [1.82, 2.24) is 0 Å². The number of carboxylic acid groups (broad SMARTS) is 1. The van der Waals surface area contributed by atoms with E-state index in [2.05, 4.69) is 6.92 Å². The zero-order valence-electron chi connectivity index (χ0n) is 24.4. The zero-order chi connectivity index (χ0) is 30.8. The summed E-state index contributed by atoms with van der Waals surface area (Å²) in [7, 11) is 0. The van der Waals surface area contributed by atoms with Crippen LogP contribution in [0.2, 0.25) is 0 Å². The van der Waals surface area contributed by atoms with E-state index in [1.165, 1.54) is 6.92 Å². The van der Waals surface area contributed by atoms with Crippen molar-refractivity contribution in [2.45, 2.75) is 91.0 Å². The first-order chi connectivity index (χ1) is 19.2. The highest BCUT2D eigenvalue weighted by atomic mass is 16.7. The van der Waals surface area contributed by atoms with Gasteiger partial charge in [0.25, 0.3) is 0 Å². The Balaban J connectivity index is 0.000000696. The third-order valence-corrected chi connectivity index (χ3v) is 9.60. The van der Waals surface area contributed by atoms with Crippen molar-refractivity contribution in [2.75, 3.05) is 13.2 Å². The Bertz CT molecular complexity index is 1120. The van der Waals surface area contributed by atoms with Crippen LogP contribution in [0.3, 0.4) is 0 Å². The topological polar surface area (TPSA) is 174 Å². The molecule has 0 aromatic rings. The molecular weight excluding hydrogens is 536 g/mol. The summed E-state index contributed by atoms with van der Waals surface area (Å²) < 4.78 is 16.0. The number of allylic oxidation sites excluding steroid dienone is 4. The molecule has 3 saturated carbocycles. The number of esters is 1. The Hall–Kier alpha value is -3.05. The number of carbonyl (C=O) groups excluding carboxylic acids is 4. The molecule has 0 bridgehead atoms. The van der Waals surface area contributed by atoms with Crippen LogP contribution in [0.1, 0.15) is 73.1 Å². The SMILES string of the molecule is CC(O)C(=O)O.CCOC(=O)O[C@]1(C(=O)COC(=O)CC)CC[C@H]2[C@@H]3CCC4=CC(=O)C=C[C@]4(C)[C@H]3[C@@H](O)C[C@@]21C. The minimum atomic E-state index is -1.56. The summed E-state index contributed by atoms with van der Waals surface area (Å²) in [6.07, 6.45) is 5.07. The number of fused-ring (bicyclic) bond motifs is 5. The van der Waals surface area contributed by atoms with Gasteiger partial charge in [-0.3, -0.25) is 14.4 Å². The van der Waals surface area contributed by atoms with Crippen LogP contribution in [0.25, 0.3) is 0 Å². The third-order valence-electron chi connectivity index (χ3n) is 9.60. The van der Waals surface area contributed by atoms with E-state index >= 15 is 0 Å². The van der Waals surface area contributed by atoms with Crippen LogP contribution >= 0.6 is 0 Å². The molecule has 228 valence electrons. The summed E-state index contributed by atoms with van der Waals surface area (Å²) in [6, 6.07) is 0. The van der Waals surface area contributed by atoms with Crippen LogP contribution in [0.4, 0.5) is 4.79 Å². The molecule has 11 heteroatoms. The molecule has 3 fully saturated rings. The number of ether oxygens (including phenoxy) is 3. The number of Topliss-reactive ketones (excluding diaryl/α,β-unsaturated/α-hetero) is 1. The van der Waals surface area contributed by atoms with Crippen LogP contribution in [-0.2, 0) is 33.4 Å². The minimum absolute atomic E-state index is 0.000515. The second kappa shape index (κ2) is 12.4. The Kier molecular flexibility index (Phi) is 9.85. The number of aliphatic carboxylic acids is 1. The van der Waals surface area contributed by atoms with Crippen molar-refractivity contribution in [3.05, 3.63) is 23.8 Å². The molecule has 41 heavy (non-hydrogen) atoms. The van der Waals surface area contributed by atoms with E-state index in [1.807, 2.05) is 13.0 Å². The van der Waals surface area contributed by atoms with Crippen LogP contribution in [-0.4, -0.2) is 76.0 Å². The number of carboxylic acids is 1. The van der Waals surface area contributed by atoms with Crippen molar-refractivity contribution in [3.63, 3.8) is 0 Å². The van der Waals surface area contributed by atoms with Gasteiger partial charge in [0.05, 0.1) is 12.7 Å². The molecule has 0 radical (unpaired) electrons. The average molecular weight is 579 g/mol. The number of aliphatic hydroxyl groups excluding tert-OH is 2. The molecule has 0 aliphatic heterocycles. The summed E-state index contributed by atoms with van der Waals surface area (Å²) in [6.45, 7) is 8.09. The molecule has 8 atom stereocenters. The molecule has 0 amide bonds. The van der Waals surface area contributed by atoms with E-state index < -0.39 is 59.1 Å². The molecule has 0 aromatic carbocycles. The number of hydrogen-bond donors (Lipinski definition) is 3. The number of ketones is 2. The lowest BCUT2D eigenvalue weighted by Crippen LogP contribution is -2.63.